The molecule has 3 N–H and O–H groups in total. The molecule has 3 aromatic rings. The highest BCUT2D eigenvalue weighted by molar-refractivity contribution is 7.21. The highest BCUT2D eigenvalue weighted by atomic mass is 32.1. The molecule has 0 bridgehead atoms. The van der Waals surface area contributed by atoms with E-state index in [0.717, 1.165) is 66.2 Å². The van der Waals surface area contributed by atoms with Crippen LogP contribution in [0.4, 0.5) is 11.5 Å². The Hall–Kier alpha value is -2.71. The van der Waals surface area contributed by atoms with Gasteiger partial charge < -0.3 is 20.7 Å². The average molecular weight is 438 g/mol. The van der Waals surface area contributed by atoms with Crippen LogP contribution in [-0.2, 0) is 17.6 Å². The van der Waals surface area contributed by atoms with E-state index in [1.807, 2.05) is 19.1 Å². The van der Waals surface area contributed by atoms with Crippen LogP contribution in [-0.4, -0.2) is 48.2 Å². The Balaban J connectivity index is 1.28. The Labute approximate surface area is 185 Å². The van der Waals surface area contributed by atoms with Gasteiger partial charge in [0.1, 0.15) is 15.5 Å². The molecule has 0 radical (unpaired) electrons. The maximum atomic E-state index is 12.9. The first kappa shape index (κ1) is 20.2. The van der Waals surface area contributed by atoms with Crippen LogP contribution in [0.5, 0.6) is 0 Å². The van der Waals surface area contributed by atoms with E-state index in [9.17, 15) is 4.79 Å². The van der Waals surface area contributed by atoms with Gasteiger partial charge in [0.05, 0.1) is 11.8 Å². The fraction of sp³-hybridized carbons (Fsp3) is 0.435. The van der Waals surface area contributed by atoms with E-state index in [2.05, 4.69) is 27.3 Å². The van der Waals surface area contributed by atoms with Crippen LogP contribution in [0.25, 0.3) is 10.2 Å². The normalized spacial score (nSPS) is 20.8. The van der Waals surface area contributed by atoms with Gasteiger partial charge in [-0.15, -0.1) is 11.3 Å². The van der Waals surface area contributed by atoms with Gasteiger partial charge in [-0.1, -0.05) is 6.07 Å². The van der Waals surface area contributed by atoms with Gasteiger partial charge in [0.15, 0.2) is 0 Å². The SMILES string of the molecule is CO[C@@H]1CCN(c2ccc3c(n2)CC[C@H](NC(=O)c2sc4nc(C)ccc4c2N)C3)C1. The van der Waals surface area contributed by atoms with E-state index in [4.69, 9.17) is 15.5 Å². The van der Waals surface area contributed by atoms with Gasteiger partial charge in [0.25, 0.3) is 5.91 Å². The van der Waals surface area contributed by atoms with Crippen molar-refractivity contribution in [2.75, 3.05) is 30.8 Å². The molecule has 0 saturated carbocycles. The first-order chi connectivity index (χ1) is 15.0. The standard InChI is InChI=1S/C23H27N5O2S/c1-13-3-6-17-20(24)21(31-23(17)25-13)22(29)26-15-5-7-18-14(11-15)4-8-19(27-18)28-10-9-16(12-28)30-2/h3-4,6,8,15-16H,5,7,9-12,24H2,1-2H3,(H,26,29)/t15-,16+/m0/s1. The number of aryl methyl sites for hydroxylation is 2. The molecular formula is C23H27N5O2S. The Morgan fingerprint density at radius 1 is 1.26 bits per heavy atom. The third-order valence-corrected chi connectivity index (χ3v) is 7.44. The number of carbonyl (C=O) groups is 1. The lowest BCUT2D eigenvalue weighted by atomic mass is 9.91. The number of anilines is 2. The van der Waals surface area contributed by atoms with Crippen LogP contribution < -0.4 is 16.0 Å². The van der Waals surface area contributed by atoms with Gasteiger partial charge in [-0.3, -0.25) is 4.79 Å². The van der Waals surface area contributed by atoms with E-state index in [1.165, 1.54) is 16.9 Å². The second kappa shape index (κ2) is 8.09. The fourth-order valence-electron chi connectivity index (χ4n) is 4.54. The van der Waals surface area contributed by atoms with Crippen LogP contribution in [0.3, 0.4) is 0 Å². The van der Waals surface area contributed by atoms with Crippen molar-refractivity contribution in [2.45, 2.75) is 44.8 Å². The van der Waals surface area contributed by atoms with Gasteiger partial charge in [0, 0.05) is 43.0 Å². The quantitative estimate of drug-likeness (QED) is 0.652. The molecule has 0 unspecified atom stereocenters. The van der Waals surface area contributed by atoms with Crippen molar-refractivity contribution in [3.8, 4) is 0 Å². The zero-order chi connectivity index (χ0) is 21.5. The summed E-state index contributed by atoms with van der Waals surface area (Å²) in [5.41, 5.74) is 10.1. The van der Waals surface area contributed by atoms with Crippen molar-refractivity contribution in [3.05, 3.63) is 46.1 Å². The lowest BCUT2D eigenvalue weighted by Gasteiger charge is -2.26. The molecule has 5 rings (SSSR count). The number of hydrogen-bond acceptors (Lipinski definition) is 7. The number of ether oxygens (including phenoxy) is 1. The van der Waals surface area contributed by atoms with Gasteiger partial charge in [-0.25, -0.2) is 9.97 Å². The number of methoxy groups -OCH3 is 1. The Morgan fingerprint density at radius 2 is 2.13 bits per heavy atom. The van der Waals surface area contributed by atoms with Gasteiger partial charge >= 0.3 is 0 Å². The molecule has 1 amide bonds. The molecule has 7 nitrogen and oxygen atoms in total. The van der Waals surface area contributed by atoms with Crippen molar-refractivity contribution in [1.29, 1.82) is 0 Å². The minimum atomic E-state index is -0.112. The number of nitrogens with zero attached hydrogens (tertiary/aromatic N) is 3. The molecule has 31 heavy (non-hydrogen) atoms. The number of aromatic nitrogens is 2. The van der Waals surface area contributed by atoms with E-state index in [0.29, 0.717) is 10.6 Å². The number of thiophene rings is 1. The number of nitrogens with one attached hydrogen (secondary N) is 1. The third-order valence-electron chi connectivity index (χ3n) is 6.33. The molecule has 2 aliphatic rings. The summed E-state index contributed by atoms with van der Waals surface area (Å²) in [6, 6.07) is 8.20. The highest BCUT2D eigenvalue weighted by Gasteiger charge is 2.27. The predicted molar refractivity (Wildman–Crippen MR) is 124 cm³/mol. The average Bonchev–Trinajstić information content (AvgIpc) is 3.38. The number of rotatable bonds is 4. The molecule has 1 aliphatic carbocycles. The smallest absolute Gasteiger partial charge is 0.263 e. The fourth-order valence-corrected chi connectivity index (χ4v) is 5.58. The molecule has 1 fully saturated rings. The lowest BCUT2D eigenvalue weighted by Crippen LogP contribution is -2.39. The van der Waals surface area contributed by atoms with Crippen LogP contribution in [0.15, 0.2) is 24.3 Å². The summed E-state index contributed by atoms with van der Waals surface area (Å²) in [6.07, 6.45) is 3.85. The summed E-state index contributed by atoms with van der Waals surface area (Å²) in [7, 11) is 1.77. The lowest BCUT2D eigenvalue weighted by molar-refractivity contribution is 0.0938. The zero-order valence-electron chi connectivity index (χ0n) is 17.9. The van der Waals surface area contributed by atoms with E-state index in [1.54, 1.807) is 7.11 Å². The number of amides is 1. The minimum absolute atomic E-state index is 0.0802. The summed E-state index contributed by atoms with van der Waals surface area (Å²) in [6.45, 7) is 3.81. The van der Waals surface area contributed by atoms with Crippen molar-refractivity contribution >= 4 is 39.0 Å². The molecule has 162 valence electrons. The van der Waals surface area contributed by atoms with Crippen LogP contribution in [0.2, 0.25) is 0 Å². The largest absolute Gasteiger partial charge is 0.397 e. The van der Waals surface area contributed by atoms with Gasteiger partial charge in [0.2, 0.25) is 0 Å². The van der Waals surface area contributed by atoms with Crippen molar-refractivity contribution in [1.82, 2.24) is 15.3 Å². The highest BCUT2D eigenvalue weighted by Crippen LogP contribution is 2.33. The summed E-state index contributed by atoms with van der Waals surface area (Å²) in [4.78, 5) is 26.0. The van der Waals surface area contributed by atoms with Crippen molar-refractivity contribution < 1.29 is 9.53 Å². The molecule has 0 aromatic carbocycles. The zero-order valence-corrected chi connectivity index (χ0v) is 18.7. The van der Waals surface area contributed by atoms with Crippen molar-refractivity contribution in [2.24, 2.45) is 0 Å². The van der Waals surface area contributed by atoms with E-state index in [-0.39, 0.29) is 18.1 Å². The Bertz CT molecular complexity index is 1140. The second-order valence-electron chi connectivity index (χ2n) is 8.43. The molecule has 8 heteroatoms. The Kier molecular flexibility index (Phi) is 5.27. The van der Waals surface area contributed by atoms with Crippen LogP contribution >= 0.6 is 11.3 Å². The van der Waals surface area contributed by atoms with E-state index < -0.39 is 0 Å². The molecule has 0 spiro atoms. The molecule has 1 aliphatic heterocycles. The van der Waals surface area contributed by atoms with Crippen LogP contribution in [0.1, 0.15) is 39.5 Å². The second-order valence-corrected chi connectivity index (χ2v) is 9.43. The summed E-state index contributed by atoms with van der Waals surface area (Å²) < 4.78 is 5.47. The maximum absolute atomic E-state index is 12.9. The summed E-state index contributed by atoms with van der Waals surface area (Å²) >= 11 is 1.36. The van der Waals surface area contributed by atoms with Crippen molar-refractivity contribution in [3.63, 3.8) is 0 Å². The number of nitrogen functional groups attached to an aromatic ring is 1. The number of nitrogens with two attached hydrogens (primary N) is 1. The number of hydrogen-bond donors (Lipinski definition) is 2. The number of fused-ring (bicyclic) bond motifs is 2. The maximum Gasteiger partial charge on any atom is 0.263 e. The molecule has 1 saturated heterocycles. The van der Waals surface area contributed by atoms with Gasteiger partial charge in [-0.2, -0.15) is 0 Å². The van der Waals surface area contributed by atoms with Gasteiger partial charge in [-0.05, 0) is 56.4 Å². The van der Waals surface area contributed by atoms with Crippen LogP contribution in [0, 0.1) is 6.92 Å². The molecular weight excluding hydrogens is 410 g/mol. The molecule has 4 heterocycles. The first-order valence-corrected chi connectivity index (χ1v) is 11.6. The van der Waals surface area contributed by atoms with E-state index >= 15 is 0 Å². The summed E-state index contributed by atoms with van der Waals surface area (Å²) in [5, 5.41) is 4.04. The number of pyridine rings is 2. The monoisotopic (exact) mass is 437 g/mol. The summed E-state index contributed by atoms with van der Waals surface area (Å²) in [5.74, 6) is 0.917. The minimum Gasteiger partial charge on any atom is -0.397 e. The third kappa shape index (κ3) is 3.85. The first-order valence-electron chi connectivity index (χ1n) is 10.7. The Morgan fingerprint density at radius 3 is 2.94 bits per heavy atom. The predicted octanol–water partition coefficient (Wildman–Crippen LogP) is 3.09. The topological polar surface area (TPSA) is 93.4 Å². The molecule has 3 aromatic heterocycles. The number of carbonyl (C=O) groups excluding carboxylic acids is 1. The molecule has 2 atom stereocenters.